The Morgan fingerprint density at radius 3 is 2.88 bits per heavy atom. The molecule has 1 saturated heterocycles. The second-order valence-electron chi connectivity index (χ2n) is 4.15. The Morgan fingerprint density at radius 1 is 1.50 bits per heavy atom. The number of hydrogen-bond acceptors (Lipinski definition) is 4. The van der Waals surface area contributed by atoms with E-state index in [9.17, 15) is 0 Å². The Labute approximate surface area is 105 Å². The van der Waals surface area contributed by atoms with Gasteiger partial charge in [0.05, 0.1) is 4.47 Å². The Bertz CT molecular complexity index is 327. The van der Waals surface area contributed by atoms with Crippen LogP contribution in [0.2, 0.25) is 0 Å². The predicted molar refractivity (Wildman–Crippen MR) is 68.4 cm³/mol. The monoisotopic (exact) mass is 284 g/mol. The van der Waals surface area contributed by atoms with Crippen molar-refractivity contribution in [3.05, 3.63) is 16.9 Å². The fourth-order valence-corrected chi connectivity index (χ4v) is 2.21. The molecule has 0 aliphatic carbocycles. The number of halogens is 1. The molecule has 5 heteroatoms. The first-order valence-corrected chi connectivity index (χ1v) is 6.51. The molecule has 1 aliphatic heterocycles. The van der Waals surface area contributed by atoms with Gasteiger partial charge in [0, 0.05) is 25.5 Å². The third-order valence-electron chi connectivity index (χ3n) is 2.99. The van der Waals surface area contributed by atoms with Crippen molar-refractivity contribution >= 4 is 21.9 Å². The predicted octanol–water partition coefficient (Wildman–Crippen LogP) is 1.99. The molecule has 0 amide bonds. The van der Waals surface area contributed by atoms with Gasteiger partial charge in [0.15, 0.2) is 0 Å². The normalized spacial score (nSPS) is 21.2. The summed E-state index contributed by atoms with van der Waals surface area (Å²) in [6, 6.07) is 0. The van der Waals surface area contributed by atoms with Crippen LogP contribution in [0.3, 0.4) is 0 Å². The molecule has 16 heavy (non-hydrogen) atoms. The number of likely N-dealkylation sites (tertiary alicyclic amines) is 1. The topological polar surface area (TPSA) is 41.0 Å². The standard InChI is InChI=1S/C11H17BrN4/c1-2-16-4-3-9(8-16)5-13-11-14-6-10(12)7-15-11/h6-7,9H,2-5,8H2,1H3,(H,13,14,15). The van der Waals surface area contributed by atoms with Gasteiger partial charge in [0.25, 0.3) is 0 Å². The maximum Gasteiger partial charge on any atom is 0.222 e. The van der Waals surface area contributed by atoms with Crippen molar-refractivity contribution in [2.24, 2.45) is 5.92 Å². The summed E-state index contributed by atoms with van der Waals surface area (Å²) in [5, 5.41) is 3.29. The molecular formula is C11H17BrN4. The molecule has 1 fully saturated rings. The minimum absolute atomic E-state index is 0.721. The summed E-state index contributed by atoms with van der Waals surface area (Å²) in [6.45, 7) is 6.77. The fraction of sp³-hybridized carbons (Fsp3) is 0.636. The zero-order valence-corrected chi connectivity index (χ0v) is 11.1. The van der Waals surface area contributed by atoms with Crippen LogP contribution in [0.5, 0.6) is 0 Å². The number of nitrogens with zero attached hydrogens (tertiary/aromatic N) is 3. The van der Waals surface area contributed by atoms with Gasteiger partial charge in [0.2, 0.25) is 5.95 Å². The first-order chi connectivity index (χ1) is 7.78. The molecule has 88 valence electrons. The van der Waals surface area contributed by atoms with Crippen LogP contribution in [-0.4, -0.2) is 41.0 Å². The van der Waals surface area contributed by atoms with Gasteiger partial charge in [-0.1, -0.05) is 6.92 Å². The first-order valence-electron chi connectivity index (χ1n) is 5.71. The van der Waals surface area contributed by atoms with Gasteiger partial charge >= 0.3 is 0 Å². The maximum absolute atomic E-state index is 4.20. The highest BCUT2D eigenvalue weighted by molar-refractivity contribution is 9.10. The molecule has 4 nitrogen and oxygen atoms in total. The van der Waals surface area contributed by atoms with Crippen LogP contribution in [0, 0.1) is 5.92 Å². The largest absolute Gasteiger partial charge is 0.354 e. The van der Waals surface area contributed by atoms with Crippen LogP contribution >= 0.6 is 15.9 Å². The highest BCUT2D eigenvalue weighted by atomic mass is 79.9. The van der Waals surface area contributed by atoms with Crippen LogP contribution in [0.15, 0.2) is 16.9 Å². The highest BCUT2D eigenvalue weighted by Gasteiger charge is 2.20. The van der Waals surface area contributed by atoms with Crippen molar-refractivity contribution in [2.45, 2.75) is 13.3 Å². The van der Waals surface area contributed by atoms with E-state index in [1.807, 2.05) is 0 Å². The third kappa shape index (κ3) is 3.15. The molecule has 2 heterocycles. The van der Waals surface area contributed by atoms with Gasteiger partial charge in [-0.25, -0.2) is 9.97 Å². The SMILES string of the molecule is CCN1CCC(CNc2ncc(Br)cn2)C1. The zero-order chi connectivity index (χ0) is 11.4. The molecule has 1 aromatic rings. The molecule has 0 radical (unpaired) electrons. The molecule has 0 saturated carbocycles. The van der Waals surface area contributed by atoms with E-state index in [4.69, 9.17) is 0 Å². The third-order valence-corrected chi connectivity index (χ3v) is 3.40. The Balaban J connectivity index is 1.77. The molecule has 0 bridgehead atoms. The summed E-state index contributed by atoms with van der Waals surface area (Å²) in [5.41, 5.74) is 0. The summed E-state index contributed by atoms with van der Waals surface area (Å²) < 4.78 is 0.913. The van der Waals surface area contributed by atoms with Gasteiger partial charge in [0.1, 0.15) is 0 Å². The van der Waals surface area contributed by atoms with Crippen molar-refractivity contribution in [1.29, 1.82) is 0 Å². The number of aromatic nitrogens is 2. The van der Waals surface area contributed by atoms with Crippen LogP contribution in [-0.2, 0) is 0 Å². The van der Waals surface area contributed by atoms with E-state index in [0.29, 0.717) is 0 Å². The van der Waals surface area contributed by atoms with Crippen molar-refractivity contribution in [3.63, 3.8) is 0 Å². The quantitative estimate of drug-likeness (QED) is 0.918. The molecule has 2 rings (SSSR count). The summed E-state index contributed by atoms with van der Waals surface area (Å²) in [5.74, 6) is 1.45. The average molecular weight is 285 g/mol. The highest BCUT2D eigenvalue weighted by Crippen LogP contribution is 2.16. The van der Waals surface area contributed by atoms with Crippen LogP contribution in [0.1, 0.15) is 13.3 Å². The number of rotatable bonds is 4. The molecule has 1 N–H and O–H groups in total. The Morgan fingerprint density at radius 2 is 2.25 bits per heavy atom. The van der Waals surface area contributed by atoms with Crippen LogP contribution in [0.4, 0.5) is 5.95 Å². The molecule has 1 atom stereocenters. The molecule has 1 aliphatic rings. The lowest BCUT2D eigenvalue weighted by molar-refractivity contribution is 0.345. The molecule has 0 spiro atoms. The first kappa shape index (κ1) is 11.8. The number of nitrogens with one attached hydrogen (secondary N) is 1. The van der Waals surface area contributed by atoms with Crippen molar-refractivity contribution in [3.8, 4) is 0 Å². The van der Waals surface area contributed by atoms with Gasteiger partial charge < -0.3 is 10.2 Å². The number of hydrogen-bond donors (Lipinski definition) is 1. The minimum atomic E-state index is 0.721. The summed E-state index contributed by atoms with van der Waals surface area (Å²) >= 11 is 3.32. The van der Waals surface area contributed by atoms with E-state index >= 15 is 0 Å². The smallest absolute Gasteiger partial charge is 0.222 e. The Hall–Kier alpha value is -0.680. The lowest BCUT2D eigenvalue weighted by Gasteiger charge is -2.13. The summed E-state index contributed by atoms with van der Waals surface area (Å²) in [7, 11) is 0. The van der Waals surface area contributed by atoms with Crippen molar-refractivity contribution in [2.75, 3.05) is 31.5 Å². The van der Waals surface area contributed by atoms with E-state index in [1.54, 1.807) is 12.4 Å². The van der Waals surface area contributed by atoms with E-state index in [1.165, 1.54) is 19.5 Å². The molecule has 1 aromatic heterocycles. The van der Waals surface area contributed by atoms with Gasteiger partial charge in [-0.15, -0.1) is 0 Å². The van der Waals surface area contributed by atoms with Gasteiger partial charge in [-0.2, -0.15) is 0 Å². The molecule has 1 unspecified atom stereocenters. The van der Waals surface area contributed by atoms with E-state index in [-0.39, 0.29) is 0 Å². The second kappa shape index (κ2) is 5.59. The van der Waals surface area contributed by atoms with Crippen LogP contribution < -0.4 is 5.32 Å². The second-order valence-corrected chi connectivity index (χ2v) is 5.07. The van der Waals surface area contributed by atoms with Gasteiger partial charge in [-0.05, 0) is 41.4 Å². The van der Waals surface area contributed by atoms with E-state index in [2.05, 4.69) is 43.0 Å². The lowest BCUT2D eigenvalue weighted by atomic mass is 10.1. The van der Waals surface area contributed by atoms with Crippen molar-refractivity contribution in [1.82, 2.24) is 14.9 Å². The van der Waals surface area contributed by atoms with Crippen LogP contribution in [0.25, 0.3) is 0 Å². The van der Waals surface area contributed by atoms with Crippen molar-refractivity contribution < 1.29 is 0 Å². The maximum atomic E-state index is 4.20. The fourth-order valence-electron chi connectivity index (χ4n) is 2.01. The Kier molecular flexibility index (Phi) is 4.12. The lowest BCUT2D eigenvalue weighted by Crippen LogP contribution is -2.22. The zero-order valence-electron chi connectivity index (χ0n) is 9.49. The number of anilines is 1. The van der Waals surface area contributed by atoms with Gasteiger partial charge in [-0.3, -0.25) is 0 Å². The summed E-state index contributed by atoms with van der Waals surface area (Å²) in [4.78, 5) is 10.9. The molecular weight excluding hydrogens is 268 g/mol. The molecule has 0 aromatic carbocycles. The van der Waals surface area contributed by atoms with E-state index < -0.39 is 0 Å². The average Bonchev–Trinajstić information content (AvgIpc) is 2.76. The van der Waals surface area contributed by atoms with E-state index in [0.717, 1.165) is 29.4 Å². The minimum Gasteiger partial charge on any atom is -0.354 e. The summed E-state index contributed by atoms with van der Waals surface area (Å²) in [6.07, 6.45) is 4.81.